The number of rotatable bonds is 5. The summed E-state index contributed by atoms with van der Waals surface area (Å²) < 4.78 is 2.50. The van der Waals surface area contributed by atoms with E-state index in [0.717, 1.165) is 19.3 Å². The maximum atomic E-state index is 2.53. The number of anilines is 1. The van der Waals surface area contributed by atoms with E-state index in [9.17, 15) is 0 Å². The minimum absolute atomic E-state index is 0.0208. The van der Waals surface area contributed by atoms with Gasteiger partial charge in [-0.15, -0.1) is 0 Å². The maximum absolute atomic E-state index is 2.53. The summed E-state index contributed by atoms with van der Waals surface area (Å²) in [6, 6.07) is 27.1. The number of hydrogen-bond donors (Lipinski definition) is 0. The van der Waals surface area contributed by atoms with Crippen LogP contribution < -0.4 is 4.90 Å². The molecule has 9 rings (SSSR count). The Bertz CT molecular complexity index is 2260. The Hall–Kier alpha value is -4.82. The van der Waals surface area contributed by atoms with Crippen molar-refractivity contribution in [1.29, 1.82) is 0 Å². The second-order valence-corrected chi connectivity index (χ2v) is 16.4. The molecule has 3 aromatic carbocycles. The summed E-state index contributed by atoms with van der Waals surface area (Å²) in [6.07, 6.45) is 27.4. The van der Waals surface area contributed by atoms with Crippen molar-refractivity contribution in [2.24, 2.45) is 23.2 Å². The molecule has 2 nitrogen and oxygen atoms in total. The predicted molar refractivity (Wildman–Crippen MR) is 217 cm³/mol. The third-order valence-electron chi connectivity index (χ3n) is 12.4. The van der Waals surface area contributed by atoms with Gasteiger partial charge in [0.2, 0.25) is 0 Å². The van der Waals surface area contributed by atoms with E-state index in [1.807, 2.05) is 0 Å². The number of benzene rings is 3. The molecule has 2 heteroatoms. The van der Waals surface area contributed by atoms with Gasteiger partial charge in [0.25, 0.3) is 0 Å². The molecule has 0 saturated heterocycles. The molecule has 1 heterocycles. The number of hydrogen-bond acceptors (Lipinski definition) is 1. The number of allylic oxidation sites excluding steroid dienone is 11. The van der Waals surface area contributed by atoms with Gasteiger partial charge in [0.1, 0.15) is 0 Å². The van der Waals surface area contributed by atoms with Crippen LogP contribution in [0.1, 0.15) is 88.6 Å². The molecule has 0 bridgehead atoms. The summed E-state index contributed by atoms with van der Waals surface area (Å²) in [5.74, 6) is 2.17. The van der Waals surface area contributed by atoms with Crippen LogP contribution in [0.25, 0.3) is 28.7 Å². The van der Waals surface area contributed by atoms with Crippen molar-refractivity contribution in [3.63, 3.8) is 0 Å². The SMILES string of the molecule is CC1C=CC2=C(C1)CC(C)C(C1(C)C=CC(N(C3=Cc4ccc(-n5c6c(c7ccccc75)CC(C)C=C6)cc4C(C)C3)c3ccccc3)=CC1)=C2. The molecule has 0 spiro atoms. The summed E-state index contributed by atoms with van der Waals surface area (Å²) in [5.41, 5.74) is 16.7. The normalized spacial score (nSPS) is 26.6. The molecule has 5 unspecified atom stereocenters. The van der Waals surface area contributed by atoms with Gasteiger partial charge in [-0.3, -0.25) is 0 Å². The van der Waals surface area contributed by atoms with E-state index in [2.05, 4.69) is 172 Å². The van der Waals surface area contributed by atoms with Gasteiger partial charge in [-0.1, -0.05) is 125 Å². The Labute approximate surface area is 304 Å². The van der Waals surface area contributed by atoms with Gasteiger partial charge < -0.3 is 9.47 Å². The van der Waals surface area contributed by atoms with E-state index in [4.69, 9.17) is 0 Å². The van der Waals surface area contributed by atoms with Crippen LogP contribution in [-0.2, 0) is 6.42 Å². The quantitative estimate of drug-likeness (QED) is 0.206. The van der Waals surface area contributed by atoms with Gasteiger partial charge >= 0.3 is 0 Å². The highest BCUT2D eigenvalue weighted by molar-refractivity contribution is 5.91. The van der Waals surface area contributed by atoms with Crippen molar-refractivity contribution in [3.05, 3.63) is 166 Å². The van der Waals surface area contributed by atoms with Gasteiger partial charge in [0.15, 0.2) is 0 Å². The average Bonchev–Trinajstić information content (AvgIpc) is 3.46. The van der Waals surface area contributed by atoms with E-state index in [1.54, 1.807) is 11.1 Å². The molecule has 1 aromatic heterocycles. The minimum atomic E-state index is 0.0208. The van der Waals surface area contributed by atoms with Crippen LogP contribution in [-0.4, -0.2) is 4.57 Å². The molecule has 0 saturated carbocycles. The van der Waals surface area contributed by atoms with Crippen LogP contribution in [0.3, 0.4) is 0 Å². The molecular weight excluding hydrogens is 617 g/mol. The second-order valence-electron chi connectivity index (χ2n) is 16.4. The zero-order valence-corrected chi connectivity index (χ0v) is 30.9. The smallest absolute Gasteiger partial charge is 0.0537 e. The van der Waals surface area contributed by atoms with Crippen molar-refractivity contribution in [2.75, 3.05) is 4.90 Å². The molecule has 5 atom stereocenters. The standard InChI is InChI=1S/C49H50N2/c1-32-15-17-36-30-46(35(4)27-38(36)25-32)49(5)23-21-40(22-24-49)50(39-11-7-6-8-12-39)42-28-34(3)44-31-41(19-18-37(44)29-42)51-47-14-10-9-13-43(47)45-26-33(2)16-20-48(45)51/h6-23,29-35H,24-28H2,1-5H3. The summed E-state index contributed by atoms with van der Waals surface area (Å²) >= 11 is 0. The topological polar surface area (TPSA) is 8.17 Å². The number of para-hydroxylation sites is 2. The molecule has 0 N–H and O–H groups in total. The highest BCUT2D eigenvalue weighted by Crippen LogP contribution is 2.48. The van der Waals surface area contributed by atoms with Crippen LogP contribution in [0, 0.1) is 23.2 Å². The Morgan fingerprint density at radius 3 is 2.35 bits per heavy atom. The highest BCUT2D eigenvalue weighted by Gasteiger charge is 2.35. The monoisotopic (exact) mass is 666 g/mol. The molecule has 0 aliphatic heterocycles. The molecule has 256 valence electrons. The molecule has 0 fully saturated rings. The van der Waals surface area contributed by atoms with E-state index in [-0.39, 0.29) is 5.41 Å². The molecule has 5 aliphatic rings. The van der Waals surface area contributed by atoms with Crippen molar-refractivity contribution in [1.82, 2.24) is 4.57 Å². The Balaban J connectivity index is 1.06. The Kier molecular flexibility index (Phi) is 7.84. The fraction of sp³-hybridized carbons (Fsp3) is 0.306. The first kappa shape index (κ1) is 32.1. The zero-order valence-electron chi connectivity index (χ0n) is 30.9. The third-order valence-corrected chi connectivity index (χ3v) is 12.4. The summed E-state index contributed by atoms with van der Waals surface area (Å²) in [7, 11) is 0. The minimum Gasteiger partial charge on any atom is -0.315 e. The second kappa shape index (κ2) is 12.4. The summed E-state index contributed by atoms with van der Waals surface area (Å²) in [5, 5.41) is 1.39. The molecule has 5 aliphatic carbocycles. The van der Waals surface area contributed by atoms with Crippen molar-refractivity contribution in [3.8, 4) is 5.69 Å². The van der Waals surface area contributed by atoms with Gasteiger partial charge in [-0.25, -0.2) is 0 Å². The summed E-state index contributed by atoms with van der Waals surface area (Å²) in [6.45, 7) is 12.0. The molecule has 4 aromatic rings. The lowest BCUT2D eigenvalue weighted by molar-refractivity contribution is 0.432. The molecule has 51 heavy (non-hydrogen) atoms. The number of fused-ring (bicyclic) bond motifs is 4. The first-order chi connectivity index (χ1) is 24.8. The average molecular weight is 667 g/mol. The van der Waals surface area contributed by atoms with E-state index >= 15 is 0 Å². The lowest BCUT2D eigenvalue weighted by Gasteiger charge is -2.40. The van der Waals surface area contributed by atoms with Crippen LogP contribution in [0.2, 0.25) is 0 Å². The van der Waals surface area contributed by atoms with Gasteiger partial charge in [0, 0.05) is 39.3 Å². The zero-order chi connectivity index (χ0) is 34.9. The maximum Gasteiger partial charge on any atom is 0.0537 e. The van der Waals surface area contributed by atoms with Crippen LogP contribution in [0.5, 0.6) is 0 Å². The van der Waals surface area contributed by atoms with E-state index in [1.165, 1.54) is 74.5 Å². The molecule has 0 radical (unpaired) electrons. The molecular formula is C49H50N2. The lowest BCUT2D eigenvalue weighted by atomic mass is 9.66. The lowest BCUT2D eigenvalue weighted by Crippen LogP contribution is -2.29. The fourth-order valence-corrected chi connectivity index (χ4v) is 9.71. The first-order valence-corrected chi connectivity index (χ1v) is 19.3. The number of aromatic nitrogens is 1. The fourth-order valence-electron chi connectivity index (χ4n) is 9.71. The Morgan fingerprint density at radius 1 is 0.745 bits per heavy atom. The van der Waals surface area contributed by atoms with Crippen molar-refractivity contribution >= 4 is 28.7 Å². The third kappa shape index (κ3) is 5.55. The highest BCUT2D eigenvalue weighted by atomic mass is 15.2. The van der Waals surface area contributed by atoms with Gasteiger partial charge in [-0.2, -0.15) is 0 Å². The first-order valence-electron chi connectivity index (χ1n) is 19.3. The van der Waals surface area contributed by atoms with Crippen LogP contribution in [0.4, 0.5) is 5.69 Å². The van der Waals surface area contributed by atoms with Crippen molar-refractivity contribution < 1.29 is 0 Å². The van der Waals surface area contributed by atoms with Crippen molar-refractivity contribution in [2.45, 2.75) is 72.6 Å². The van der Waals surface area contributed by atoms with E-state index < -0.39 is 0 Å². The van der Waals surface area contributed by atoms with Crippen LogP contribution in [0.15, 0.2) is 143 Å². The molecule has 0 amide bonds. The van der Waals surface area contributed by atoms with Gasteiger partial charge in [-0.05, 0) is 127 Å². The summed E-state index contributed by atoms with van der Waals surface area (Å²) in [4.78, 5) is 2.52. The van der Waals surface area contributed by atoms with Gasteiger partial charge in [0.05, 0.1) is 5.52 Å². The van der Waals surface area contributed by atoms with Crippen LogP contribution >= 0.6 is 0 Å². The number of nitrogens with zero attached hydrogens (tertiary/aromatic N) is 2. The van der Waals surface area contributed by atoms with E-state index in [0.29, 0.717) is 23.7 Å². The predicted octanol–water partition coefficient (Wildman–Crippen LogP) is 12.9. The largest absolute Gasteiger partial charge is 0.315 e. The Morgan fingerprint density at radius 2 is 1.53 bits per heavy atom.